The van der Waals surface area contributed by atoms with E-state index in [4.69, 9.17) is 0 Å². The van der Waals surface area contributed by atoms with Crippen LogP contribution in [0.15, 0.2) is 24.4 Å². The Bertz CT molecular complexity index is 696. The number of carbonyl (C=O) groups excluding carboxylic acids is 1. The lowest BCUT2D eigenvalue weighted by Crippen LogP contribution is -2.19. The lowest BCUT2D eigenvalue weighted by molar-refractivity contribution is -0.383. The van der Waals surface area contributed by atoms with Crippen LogP contribution in [0.2, 0.25) is 0 Å². The molecule has 3 rings (SSSR count). The minimum Gasteiger partial charge on any atom is -0.374 e. The molecule has 0 saturated heterocycles. The first kappa shape index (κ1) is 13.1. The molecule has 0 radical (unpaired) electrons. The molecule has 1 aromatic heterocycles. The number of carbonyl (C=O) groups is 1. The van der Waals surface area contributed by atoms with Gasteiger partial charge in [0, 0.05) is 18.7 Å². The number of hydrogen-bond donors (Lipinski definition) is 3. The van der Waals surface area contributed by atoms with Crippen molar-refractivity contribution in [1.29, 1.82) is 0 Å². The number of anilines is 2. The van der Waals surface area contributed by atoms with Gasteiger partial charge in [0.15, 0.2) is 0 Å². The lowest BCUT2D eigenvalue weighted by Gasteiger charge is -2.18. The zero-order valence-corrected chi connectivity index (χ0v) is 11.0. The molecule has 21 heavy (non-hydrogen) atoms. The molecule has 0 aliphatic carbocycles. The second-order valence-corrected chi connectivity index (χ2v) is 4.77. The number of aromatic amines is 1. The van der Waals surface area contributed by atoms with Crippen LogP contribution in [0.5, 0.6) is 0 Å². The van der Waals surface area contributed by atoms with Crippen LogP contribution < -0.4 is 10.6 Å². The number of fused-ring (bicyclic) bond motifs is 1. The molecule has 1 aromatic carbocycles. The van der Waals surface area contributed by atoms with Crippen LogP contribution in [0.25, 0.3) is 0 Å². The fourth-order valence-corrected chi connectivity index (χ4v) is 2.28. The molecule has 1 aliphatic rings. The standard InChI is InChI=1S/C13H13N5O3/c19-13-2-1-8-5-11(14-7-9-3-4-15-17-9)12(18(20)21)6-10(8)16-13/h3-6,14H,1-2,7H2,(H,15,17)(H,16,19). The smallest absolute Gasteiger partial charge is 0.294 e. The van der Waals surface area contributed by atoms with Crippen molar-refractivity contribution < 1.29 is 9.72 Å². The molecule has 1 amide bonds. The van der Waals surface area contributed by atoms with Gasteiger partial charge in [-0.3, -0.25) is 20.0 Å². The summed E-state index contributed by atoms with van der Waals surface area (Å²) in [4.78, 5) is 22.1. The van der Waals surface area contributed by atoms with Crippen molar-refractivity contribution >= 4 is 23.0 Å². The molecule has 0 atom stereocenters. The van der Waals surface area contributed by atoms with Crippen LogP contribution in [0.4, 0.5) is 17.1 Å². The first-order chi connectivity index (χ1) is 10.1. The molecule has 0 unspecified atom stereocenters. The van der Waals surface area contributed by atoms with Gasteiger partial charge in [0.05, 0.1) is 22.8 Å². The van der Waals surface area contributed by atoms with Gasteiger partial charge in [-0.05, 0) is 24.1 Å². The molecule has 2 heterocycles. The Morgan fingerprint density at radius 2 is 2.24 bits per heavy atom. The van der Waals surface area contributed by atoms with Gasteiger partial charge in [0.2, 0.25) is 5.91 Å². The number of nitrogens with zero attached hydrogens (tertiary/aromatic N) is 2. The molecule has 0 bridgehead atoms. The SMILES string of the molecule is O=C1CCc2cc(NCc3ccn[nH]3)c([N+](=O)[O-])cc2N1. The van der Waals surface area contributed by atoms with Crippen molar-refractivity contribution in [2.45, 2.75) is 19.4 Å². The summed E-state index contributed by atoms with van der Waals surface area (Å²) in [5.41, 5.74) is 2.62. The maximum atomic E-state index is 11.4. The van der Waals surface area contributed by atoms with Crippen LogP contribution in [-0.4, -0.2) is 21.0 Å². The number of benzene rings is 1. The highest BCUT2D eigenvalue weighted by Crippen LogP contribution is 2.34. The number of hydrogen-bond acceptors (Lipinski definition) is 5. The van der Waals surface area contributed by atoms with Crippen LogP contribution in [0.1, 0.15) is 17.7 Å². The van der Waals surface area contributed by atoms with E-state index < -0.39 is 4.92 Å². The normalized spacial score (nSPS) is 13.4. The van der Waals surface area contributed by atoms with Crippen molar-refractivity contribution in [3.05, 3.63) is 45.8 Å². The van der Waals surface area contributed by atoms with E-state index in [0.29, 0.717) is 30.8 Å². The Kier molecular flexibility index (Phi) is 3.27. The number of aromatic nitrogens is 2. The third kappa shape index (κ3) is 2.69. The maximum Gasteiger partial charge on any atom is 0.294 e. The number of nitro benzene ring substituents is 1. The van der Waals surface area contributed by atoms with Crippen molar-refractivity contribution in [2.24, 2.45) is 0 Å². The third-order valence-corrected chi connectivity index (χ3v) is 3.34. The van der Waals surface area contributed by atoms with E-state index in [1.807, 2.05) is 0 Å². The van der Waals surface area contributed by atoms with Gasteiger partial charge in [0.1, 0.15) is 5.69 Å². The molecule has 0 saturated carbocycles. The van der Waals surface area contributed by atoms with Crippen LogP contribution in [0, 0.1) is 10.1 Å². The monoisotopic (exact) mass is 287 g/mol. The van der Waals surface area contributed by atoms with Gasteiger partial charge < -0.3 is 10.6 Å². The quantitative estimate of drug-likeness (QED) is 0.586. The van der Waals surface area contributed by atoms with Gasteiger partial charge in [-0.1, -0.05) is 0 Å². The maximum absolute atomic E-state index is 11.4. The molecule has 2 aromatic rings. The second kappa shape index (κ2) is 5.23. The Hall–Kier alpha value is -2.90. The first-order valence-corrected chi connectivity index (χ1v) is 6.47. The topological polar surface area (TPSA) is 113 Å². The fraction of sp³-hybridized carbons (Fsp3) is 0.231. The molecule has 0 spiro atoms. The number of nitrogens with one attached hydrogen (secondary N) is 3. The van der Waals surface area contributed by atoms with Crippen molar-refractivity contribution in [1.82, 2.24) is 10.2 Å². The zero-order valence-electron chi connectivity index (χ0n) is 11.0. The summed E-state index contributed by atoms with van der Waals surface area (Å²) in [5, 5.41) is 23.5. The number of H-pyrrole nitrogens is 1. The lowest BCUT2D eigenvalue weighted by atomic mass is 10.0. The van der Waals surface area contributed by atoms with Crippen molar-refractivity contribution in [3.8, 4) is 0 Å². The predicted octanol–water partition coefficient (Wildman–Crippen LogP) is 1.81. The minimum atomic E-state index is -0.462. The summed E-state index contributed by atoms with van der Waals surface area (Å²) in [6.07, 6.45) is 2.59. The average Bonchev–Trinajstić information content (AvgIpc) is 2.97. The largest absolute Gasteiger partial charge is 0.374 e. The van der Waals surface area contributed by atoms with E-state index in [-0.39, 0.29) is 11.6 Å². The minimum absolute atomic E-state index is 0.0598. The van der Waals surface area contributed by atoms with Gasteiger partial charge >= 0.3 is 0 Å². The third-order valence-electron chi connectivity index (χ3n) is 3.34. The van der Waals surface area contributed by atoms with Crippen LogP contribution in [0.3, 0.4) is 0 Å². The predicted molar refractivity (Wildman–Crippen MR) is 76.0 cm³/mol. The van der Waals surface area contributed by atoms with Gasteiger partial charge in [0.25, 0.3) is 5.69 Å². The van der Waals surface area contributed by atoms with Gasteiger partial charge in [-0.25, -0.2) is 0 Å². The van der Waals surface area contributed by atoms with E-state index in [9.17, 15) is 14.9 Å². The molecule has 3 N–H and O–H groups in total. The first-order valence-electron chi connectivity index (χ1n) is 6.47. The highest BCUT2D eigenvalue weighted by Gasteiger charge is 2.22. The number of rotatable bonds is 4. The summed E-state index contributed by atoms with van der Waals surface area (Å²) >= 11 is 0. The highest BCUT2D eigenvalue weighted by molar-refractivity contribution is 5.95. The summed E-state index contributed by atoms with van der Waals surface area (Å²) in [6, 6.07) is 4.92. The van der Waals surface area contributed by atoms with Crippen LogP contribution in [-0.2, 0) is 17.8 Å². The Labute approximate surface area is 119 Å². The summed E-state index contributed by atoms with van der Waals surface area (Å²) in [6.45, 7) is 0.409. The Balaban J connectivity index is 1.91. The second-order valence-electron chi connectivity index (χ2n) is 4.77. The molecule has 1 aliphatic heterocycles. The Morgan fingerprint density at radius 1 is 1.38 bits per heavy atom. The van der Waals surface area contributed by atoms with E-state index in [1.165, 1.54) is 6.07 Å². The molecule has 8 nitrogen and oxygen atoms in total. The molecule has 108 valence electrons. The van der Waals surface area contributed by atoms with E-state index >= 15 is 0 Å². The fourth-order valence-electron chi connectivity index (χ4n) is 2.28. The summed E-state index contributed by atoms with van der Waals surface area (Å²) in [5.74, 6) is -0.116. The van der Waals surface area contributed by atoms with Crippen LogP contribution >= 0.6 is 0 Å². The highest BCUT2D eigenvalue weighted by atomic mass is 16.6. The summed E-state index contributed by atoms with van der Waals surface area (Å²) in [7, 11) is 0. The van der Waals surface area contributed by atoms with E-state index in [1.54, 1.807) is 18.3 Å². The average molecular weight is 287 g/mol. The summed E-state index contributed by atoms with van der Waals surface area (Å²) < 4.78 is 0. The molecular formula is C13H13N5O3. The van der Waals surface area contributed by atoms with Crippen molar-refractivity contribution in [2.75, 3.05) is 10.6 Å². The number of amides is 1. The molecule has 0 fully saturated rings. The van der Waals surface area contributed by atoms with E-state index in [0.717, 1.165) is 11.3 Å². The zero-order chi connectivity index (χ0) is 14.8. The van der Waals surface area contributed by atoms with Gasteiger partial charge in [-0.15, -0.1) is 0 Å². The van der Waals surface area contributed by atoms with Crippen molar-refractivity contribution in [3.63, 3.8) is 0 Å². The number of nitro groups is 1. The van der Waals surface area contributed by atoms with E-state index in [2.05, 4.69) is 20.8 Å². The number of aryl methyl sites for hydroxylation is 1. The van der Waals surface area contributed by atoms with Gasteiger partial charge in [-0.2, -0.15) is 5.10 Å². The molecular weight excluding hydrogens is 274 g/mol. The molecule has 8 heteroatoms. The Morgan fingerprint density at radius 3 is 2.95 bits per heavy atom.